The zero-order valence-electron chi connectivity index (χ0n) is 9.02. The molecule has 0 bridgehead atoms. The molecule has 0 aromatic heterocycles. The second kappa shape index (κ2) is 4.52. The molecule has 17 heavy (non-hydrogen) atoms. The van der Waals surface area contributed by atoms with E-state index in [-0.39, 0.29) is 5.69 Å². The minimum Gasteiger partial charge on any atom is -0.368 e. The van der Waals surface area contributed by atoms with Crippen molar-refractivity contribution in [2.75, 3.05) is 31.1 Å². The predicted molar refractivity (Wildman–Crippen MR) is 56.5 cm³/mol. The highest BCUT2D eigenvalue weighted by atomic mass is 19.4. The molecule has 1 aromatic carbocycles. The third kappa shape index (κ3) is 2.69. The van der Waals surface area contributed by atoms with Crippen molar-refractivity contribution < 1.29 is 17.6 Å². The van der Waals surface area contributed by atoms with E-state index in [2.05, 4.69) is 5.32 Å². The summed E-state index contributed by atoms with van der Waals surface area (Å²) in [6.07, 6.45) is -4.45. The average Bonchev–Trinajstić information content (AvgIpc) is 2.28. The fourth-order valence-corrected chi connectivity index (χ4v) is 1.91. The number of piperazine rings is 1. The summed E-state index contributed by atoms with van der Waals surface area (Å²) in [6.45, 7) is 2.11. The molecule has 1 heterocycles. The summed E-state index contributed by atoms with van der Waals surface area (Å²) in [5, 5.41) is 3.04. The zero-order valence-corrected chi connectivity index (χ0v) is 9.02. The van der Waals surface area contributed by atoms with Gasteiger partial charge in [0.15, 0.2) is 0 Å². The van der Waals surface area contributed by atoms with Gasteiger partial charge in [-0.2, -0.15) is 13.2 Å². The molecule has 94 valence electrons. The summed E-state index contributed by atoms with van der Waals surface area (Å²) in [5.41, 5.74) is -0.847. The molecule has 2 rings (SSSR count). The van der Waals surface area contributed by atoms with Gasteiger partial charge in [0.2, 0.25) is 0 Å². The molecule has 0 aliphatic carbocycles. The molecule has 1 fully saturated rings. The maximum Gasteiger partial charge on any atom is 0.418 e. The molecule has 0 atom stereocenters. The van der Waals surface area contributed by atoms with E-state index in [9.17, 15) is 17.6 Å². The second-order valence-electron chi connectivity index (χ2n) is 3.90. The van der Waals surface area contributed by atoms with Gasteiger partial charge in [0.25, 0.3) is 0 Å². The Morgan fingerprint density at radius 2 is 1.76 bits per heavy atom. The maximum atomic E-state index is 13.1. The standard InChI is InChI=1S/C11H12F4N2/c12-8-1-2-9(11(13,14)15)10(7-8)17-5-3-16-4-6-17/h1-2,7,16H,3-6H2. The number of rotatable bonds is 1. The van der Waals surface area contributed by atoms with Crippen LogP contribution in [0, 0.1) is 5.82 Å². The number of hydrogen-bond donors (Lipinski definition) is 1. The van der Waals surface area contributed by atoms with Gasteiger partial charge in [-0.15, -0.1) is 0 Å². The molecule has 0 saturated carbocycles. The van der Waals surface area contributed by atoms with Gasteiger partial charge in [-0.05, 0) is 18.2 Å². The summed E-state index contributed by atoms with van der Waals surface area (Å²) >= 11 is 0. The third-order valence-electron chi connectivity index (χ3n) is 2.72. The second-order valence-corrected chi connectivity index (χ2v) is 3.90. The van der Waals surface area contributed by atoms with E-state index < -0.39 is 17.6 Å². The topological polar surface area (TPSA) is 15.3 Å². The highest BCUT2D eigenvalue weighted by Crippen LogP contribution is 2.37. The molecule has 2 nitrogen and oxygen atoms in total. The average molecular weight is 248 g/mol. The van der Waals surface area contributed by atoms with Crippen LogP contribution in [-0.2, 0) is 6.18 Å². The molecule has 0 spiro atoms. The van der Waals surface area contributed by atoms with Crippen molar-refractivity contribution in [2.45, 2.75) is 6.18 Å². The van der Waals surface area contributed by atoms with Crippen molar-refractivity contribution in [3.8, 4) is 0 Å². The monoisotopic (exact) mass is 248 g/mol. The van der Waals surface area contributed by atoms with Gasteiger partial charge in [0.05, 0.1) is 11.3 Å². The van der Waals surface area contributed by atoms with E-state index in [0.717, 1.165) is 18.2 Å². The lowest BCUT2D eigenvalue weighted by molar-refractivity contribution is -0.137. The Hall–Kier alpha value is -1.30. The molecule has 6 heteroatoms. The Morgan fingerprint density at radius 1 is 1.12 bits per heavy atom. The minimum atomic E-state index is -4.45. The Balaban J connectivity index is 2.39. The van der Waals surface area contributed by atoms with E-state index in [0.29, 0.717) is 26.2 Å². The largest absolute Gasteiger partial charge is 0.418 e. The lowest BCUT2D eigenvalue weighted by Crippen LogP contribution is -2.44. The van der Waals surface area contributed by atoms with Crippen molar-refractivity contribution in [2.24, 2.45) is 0 Å². The van der Waals surface area contributed by atoms with Crippen LogP contribution in [0.15, 0.2) is 18.2 Å². The van der Waals surface area contributed by atoms with E-state index >= 15 is 0 Å². The Bertz CT molecular complexity index is 397. The van der Waals surface area contributed by atoms with Crippen LogP contribution in [0.25, 0.3) is 0 Å². The Labute approximate surface area is 96.2 Å². The van der Waals surface area contributed by atoms with Crippen LogP contribution < -0.4 is 10.2 Å². The molecular formula is C11H12F4N2. The first-order valence-corrected chi connectivity index (χ1v) is 5.31. The van der Waals surface area contributed by atoms with Crippen LogP contribution in [0.1, 0.15) is 5.56 Å². The van der Waals surface area contributed by atoms with Crippen molar-refractivity contribution in [1.82, 2.24) is 5.32 Å². The lowest BCUT2D eigenvalue weighted by Gasteiger charge is -2.31. The number of alkyl halides is 3. The van der Waals surface area contributed by atoms with Gasteiger partial charge in [0, 0.05) is 26.2 Å². The van der Waals surface area contributed by atoms with Gasteiger partial charge >= 0.3 is 6.18 Å². The molecule has 1 aromatic rings. The summed E-state index contributed by atoms with van der Waals surface area (Å²) < 4.78 is 51.4. The number of halogens is 4. The molecule has 0 radical (unpaired) electrons. The summed E-state index contributed by atoms with van der Waals surface area (Å²) in [7, 11) is 0. The van der Waals surface area contributed by atoms with Gasteiger partial charge in [-0.3, -0.25) is 0 Å². The maximum absolute atomic E-state index is 13.1. The Morgan fingerprint density at radius 3 is 2.35 bits per heavy atom. The van der Waals surface area contributed by atoms with Crippen molar-refractivity contribution in [1.29, 1.82) is 0 Å². The van der Waals surface area contributed by atoms with Crippen LogP contribution in [0.4, 0.5) is 23.2 Å². The van der Waals surface area contributed by atoms with Crippen LogP contribution >= 0.6 is 0 Å². The van der Waals surface area contributed by atoms with E-state index in [1.54, 1.807) is 4.90 Å². The van der Waals surface area contributed by atoms with Crippen molar-refractivity contribution in [3.05, 3.63) is 29.6 Å². The van der Waals surface area contributed by atoms with Gasteiger partial charge in [-0.25, -0.2) is 4.39 Å². The highest BCUT2D eigenvalue weighted by Gasteiger charge is 2.35. The molecule has 0 amide bonds. The molecule has 1 aliphatic heterocycles. The van der Waals surface area contributed by atoms with Crippen molar-refractivity contribution in [3.63, 3.8) is 0 Å². The molecular weight excluding hydrogens is 236 g/mol. The number of nitrogens with one attached hydrogen (secondary N) is 1. The number of benzene rings is 1. The summed E-state index contributed by atoms with van der Waals surface area (Å²) in [6, 6.07) is 2.59. The quantitative estimate of drug-likeness (QED) is 0.767. The van der Waals surface area contributed by atoms with Gasteiger partial charge < -0.3 is 10.2 Å². The number of nitrogens with zero attached hydrogens (tertiary/aromatic N) is 1. The molecule has 1 N–H and O–H groups in total. The molecule has 1 saturated heterocycles. The summed E-state index contributed by atoms with van der Waals surface area (Å²) in [4.78, 5) is 1.56. The minimum absolute atomic E-state index is 0.0704. The number of anilines is 1. The normalized spacial score (nSPS) is 17.3. The van der Waals surface area contributed by atoms with Gasteiger partial charge in [0.1, 0.15) is 5.82 Å². The van der Waals surface area contributed by atoms with E-state index in [1.807, 2.05) is 0 Å². The first-order valence-electron chi connectivity index (χ1n) is 5.31. The predicted octanol–water partition coefficient (Wildman–Crippen LogP) is 2.25. The molecule has 0 unspecified atom stereocenters. The van der Waals surface area contributed by atoms with Crippen LogP contribution in [-0.4, -0.2) is 26.2 Å². The Kier molecular flexibility index (Phi) is 3.24. The third-order valence-corrected chi connectivity index (χ3v) is 2.72. The fourth-order valence-electron chi connectivity index (χ4n) is 1.91. The molecule has 1 aliphatic rings. The van der Waals surface area contributed by atoms with Crippen LogP contribution in [0.5, 0.6) is 0 Å². The smallest absolute Gasteiger partial charge is 0.368 e. The summed E-state index contributed by atoms with van der Waals surface area (Å²) in [5.74, 6) is -0.647. The first kappa shape index (κ1) is 12.2. The van der Waals surface area contributed by atoms with Crippen LogP contribution in [0.3, 0.4) is 0 Å². The highest BCUT2D eigenvalue weighted by molar-refractivity contribution is 5.55. The number of hydrogen-bond acceptors (Lipinski definition) is 2. The fraction of sp³-hybridized carbons (Fsp3) is 0.455. The van der Waals surface area contributed by atoms with Crippen molar-refractivity contribution >= 4 is 5.69 Å². The van der Waals surface area contributed by atoms with E-state index in [1.165, 1.54) is 0 Å². The SMILES string of the molecule is Fc1ccc(C(F)(F)F)c(N2CCNCC2)c1. The zero-order chi connectivity index (χ0) is 12.5. The van der Waals surface area contributed by atoms with E-state index in [4.69, 9.17) is 0 Å². The lowest BCUT2D eigenvalue weighted by atomic mass is 10.1. The first-order chi connectivity index (χ1) is 7.98. The van der Waals surface area contributed by atoms with Crippen LogP contribution in [0.2, 0.25) is 0 Å². The van der Waals surface area contributed by atoms with Gasteiger partial charge in [-0.1, -0.05) is 0 Å².